The molecule has 9 nitrogen and oxygen atoms in total. The molecule has 1 saturated heterocycles. The van der Waals surface area contributed by atoms with E-state index in [1.54, 1.807) is 6.92 Å². The average Bonchev–Trinajstić information content (AvgIpc) is 2.81. The smallest absolute Gasteiger partial charge is 0.324 e. The van der Waals surface area contributed by atoms with Crippen LogP contribution in [0.15, 0.2) is 18.2 Å². The molecule has 26 heavy (non-hydrogen) atoms. The van der Waals surface area contributed by atoms with E-state index in [1.807, 2.05) is 0 Å². The first kappa shape index (κ1) is 17.8. The van der Waals surface area contributed by atoms with Crippen LogP contribution in [0.3, 0.4) is 0 Å². The lowest BCUT2D eigenvalue weighted by atomic mass is 9.82. The molecule has 0 radical (unpaired) electrons. The van der Waals surface area contributed by atoms with Crippen molar-refractivity contribution in [3.63, 3.8) is 0 Å². The Hall–Kier alpha value is -2.97. The van der Waals surface area contributed by atoms with Gasteiger partial charge in [0.1, 0.15) is 12.1 Å². The molecule has 1 aliphatic heterocycles. The van der Waals surface area contributed by atoms with Gasteiger partial charge in [-0.3, -0.25) is 24.6 Å². The molecular weight excluding hydrogens is 340 g/mol. The Bertz CT molecular complexity index is 785. The molecule has 1 saturated carbocycles. The highest BCUT2D eigenvalue weighted by Gasteiger charge is 2.51. The van der Waals surface area contributed by atoms with Crippen LogP contribution in [-0.4, -0.2) is 39.8 Å². The largest absolute Gasteiger partial charge is 0.325 e. The Labute approximate surface area is 149 Å². The Morgan fingerprint density at radius 3 is 2.65 bits per heavy atom. The van der Waals surface area contributed by atoms with Crippen molar-refractivity contribution >= 4 is 29.2 Å². The van der Waals surface area contributed by atoms with Crippen molar-refractivity contribution in [3.05, 3.63) is 33.9 Å². The Morgan fingerprint density at radius 2 is 2.00 bits per heavy atom. The van der Waals surface area contributed by atoms with Gasteiger partial charge in [0.15, 0.2) is 0 Å². The van der Waals surface area contributed by atoms with Gasteiger partial charge in [0.05, 0.1) is 10.6 Å². The van der Waals surface area contributed by atoms with Crippen LogP contribution < -0.4 is 10.6 Å². The number of nitrogens with one attached hydrogen (secondary N) is 2. The number of aryl methyl sites for hydroxylation is 1. The summed E-state index contributed by atoms with van der Waals surface area (Å²) >= 11 is 0. The van der Waals surface area contributed by atoms with E-state index in [0.29, 0.717) is 18.4 Å². The lowest BCUT2D eigenvalue weighted by Gasteiger charge is -2.30. The zero-order valence-corrected chi connectivity index (χ0v) is 14.4. The zero-order valence-electron chi connectivity index (χ0n) is 14.4. The van der Waals surface area contributed by atoms with Crippen LogP contribution in [0.5, 0.6) is 0 Å². The number of carbonyl (C=O) groups excluding carboxylic acids is 3. The van der Waals surface area contributed by atoms with E-state index in [-0.39, 0.29) is 17.3 Å². The van der Waals surface area contributed by atoms with Gasteiger partial charge in [0, 0.05) is 12.1 Å². The van der Waals surface area contributed by atoms with Crippen LogP contribution in [0, 0.1) is 17.0 Å². The Morgan fingerprint density at radius 1 is 1.31 bits per heavy atom. The molecular formula is C17H20N4O5. The molecule has 0 atom stereocenters. The number of non-ortho nitro benzene ring substituents is 1. The lowest BCUT2D eigenvalue weighted by Crippen LogP contribution is -2.48. The quantitative estimate of drug-likeness (QED) is 0.484. The van der Waals surface area contributed by atoms with Gasteiger partial charge in [-0.05, 0) is 25.3 Å². The molecule has 138 valence electrons. The highest BCUT2D eigenvalue weighted by atomic mass is 16.6. The zero-order chi connectivity index (χ0) is 18.9. The molecule has 0 bridgehead atoms. The lowest BCUT2D eigenvalue weighted by molar-refractivity contribution is -0.384. The summed E-state index contributed by atoms with van der Waals surface area (Å²) < 4.78 is 0. The number of urea groups is 1. The molecule has 0 unspecified atom stereocenters. The molecule has 2 N–H and O–H groups in total. The van der Waals surface area contributed by atoms with Gasteiger partial charge in [0.25, 0.3) is 11.6 Å². The van der Waals surface area contributed by atoms with Gasteiger partial charge in [0.2, 0.25) is 5.91 Å². The summed E-state index contributed by atoms with van der Waals surface area (Å²) in [4.78, 5) is 48.4. The Balaban J connectivity index is 1.70. The summed E-state index contributed by atoms with van der Waals surface area (Å²) in [7, 11) is 0. The summed E-state index contributed by atoms with van der Waals surface area (Å²) in [5.41, 5.74) is -0.104. The van der Waals surface area contributed by atoms with Crippen molar-refractivity contribution < 1.29 is 19.3 Å². The van der Waals surface area contributed by atoms with Crippen LogP contribution in [0.4, 0.5) is 16.2 Å². The average molecular weight is 360 g/mol. The number of imide groups is 1. The number of carbonyl (C=O) groups is 3. The number of benzene rings is 1. The summed E-state index contributed by atoms with van der Waals surface area (Å²) in [5, 5.41) is 16.2. The Kier molecular flexibility index (Phi) is 4.62. The van der Waals surface area contributed by atoms with E-state index >= 15 is 0 Å². The van der Waals surface area contributed by atoms with Gasteiger partial charge in [-0.2, -0.15) is 0 Å². The minimum atomic E-state index is -0.878. The maximum atomic E-state index is 12.7. The molecule has 1 heterocycles. The molecule has 1 aromatic rings. The number of nitro benzene ring substituents is 1. The minimum absolute atomic E-state index is 0.151. The van der Waals surface area contributed by atoms with Crippen LogP contribution in [0.1, 0.15) is 37.7 Å². The van der Waals surface area contributed by atoms with E-state index in [9.17, 15) is 24.5 Å². The molecule has 2 aliphatic rings. The van der Waals surface area contributed by atoms with E-state index < -0.39 is 28.9 Å². The van der Waals surface area contributed by atoms with E-state index in [4.69, 9.17) is 0 Å². The molecule has 1 aliphatic carbocycles. The predicted molar refractivity (Wildman–Crippen MR) is 92.5 cm³/mol. The van der Waals surface area contributed by atoms with Gasteiger partial charge in [-0.25, -0.2) is 4.79 Å². The maximum Gasteiger partial charge on any atom is 0.325 e. The number of nitrogens with zero attached hydrogens (tertiary/aromatic N) is 2. The summed E-state index contributed by atoms with van der Waals surface area (Å²) in [6.07, 6.45) is 3.91. The number of hydrogen-bond donors (Lipinski definition) is 2. The molecule has 9 heteroatoms. The third-order valence-electron chi connectivity index (χ3n) is 4.96. The third-order valence-corrected chi connectivity index (χ3v) is 4.96. The van der Waals surface area contributed by atoms with E-state index in [0.717, 1.165) is 24.2 Å². The second kappa shape index (κ2) is 6.74. The normalized spacial score (nSPS) is 18.7. The van der Waals surface area contributed by atoms with Crippen LogP contribution in [0.2, 0.25) is 0 Å². The van der Waals surface area contributed by atoms with E-state index in [2.05, 4.69) is 10.6 Å². The number of nitro groups is 1. The summed E-state index contributed by atoms with van der Waals surface area (Å²) in [6, 6.07) is 3.55. The molecule has 1 spiro atoms. The second-order valence-electron chi connectivity index (χ2n) is 6.77. The topological polar surface area (TPSA) is 122 Å². The van der Waals surface area contributed by atoms with Crippen LogP contribution in [-0.2, 0) is 9.59 Å². The van der Waals surface area contributed by atoms with Crippen molar-refractivity contribution in [1.82, 2.24) is 10.2 Å². The fourth-order valence-corrected chi connectivity index (χ4v) is 3.51. The standard InChI is InChI=1S/C17H20N4O5/c1-11-5-6-12(21(25)26)9-13(11)18-14(22)10-20-15(23)17(19-16(20)24)7-3-2-4-8-17/h5-6,9H,2-4,7-8,10H2,1H3,(H,18,22)(H,19,24). The first-order valence-corrected chi connectivity index (χ1v) is 8.51. The van der Waals surface area contributed by atoms with Crippen LogP contribution in [0.25, 0.3) is 0 Å². The van der Waals surface area contributed by atoms with Crippen molar-refractivity contribution in [2.45, 2.75) is 44.6 Å². The number of anilines is 1. The number of amides is 4. The maximum absolute atomic E-state index is 12.7. The van der Waals surface area contributed by atoms with Crippen LogP contribution >= 0.6 is 0 Å². The van der Waals surface area contributed by atoms with Crippen molar-refractivity contribution in [3.8, 4) is 0 Å². The SMILES string of the molecule is Cc1ccc([N+](=O)[O-])cc1NC(=O)CN1C(=O)NC2(CCCCC2)C1=O. The van der Waals surface area contributed by atoms with Gasteiger partial charge in [-0.1, -0.05) is 25.3 Å². The number of hydrogen-bond acceptors (Lipinski definition) is 5. The van der Waals surface area contributed by atoms with Gasteiger partial charge < -0.3 is 10.6 Å². The predicted octanol–water partition coefficient (Wildman–Crippen LogP) is 2.10. The fourth-order valence-electron chi connectivity index (χ4n) is 3.51. The first-order valence-electron chi connectivity index (χ1n) is 8.51. The molecule has 2 fully saturated rings. The van der Waals surface area contributed by atoms with Crippen molar-refractivity contribution in [2.75, 3.05) is 11.9 Å². The molecule has 1 aromatic carbocycles. The molecule has 0 aromatic heterocycles. The van der Waals surface area contributed by atoms with Crippen molar-refractivity contribution in [2.24, 2.45) is 0 Å². The first-order chi connectivity index (χ1) is 12.3. The number of rotatable bonds is 4. The second-order valence-corrected chi connectivity index (χ2v) is 6.77. The summed E-state index contributed by atoms with van der Waals surface area (Å²) in [5.74, 6) is -0.946. The minimum Gasteiger partial charge on any atom is -0.324 e. The highest BCUT2D eigenvalue weighted by molar-refractivity contribution is 6.10. The highest BCUT2D eigenvalue weighted by Crippen LogP contribution is 2.33. The monoisotopic (exact) mass is 360 g/mol. The third kappa shape index (κ3) is 3.24. The molecule has 4 amide bonds. The van der Waals surface area contributed by atoms with Gasteiger partial charge >= 0.3 is 6.03 Å². The van der Waals surface area contributed by atoms with Gasteiger partial charge in [-0.15, -0.1) is 0 Å². The summed E-state index contributed by atoms with van der Waals surface area (Å²) in [6.45, 7) is 1.28. The fraction of sp³-hybridized carbons (Fsp3) is 0.471. The van der Waals surface area contributed by atoms with Crippen molar-refractivity contribution in [1.29, 1.82) is 0 Å². The molecule has 3 rings (SSSR count). The van der Waals surface area contributed by atoms with E-state index in [1.165, 1.54) is 18.2 Å².